The summed E-state index contributed by atoms with van der Waals surface area (Å²) in [5.41, 5.74) is 1.60. The molecule has 0 saturated carbocycles. The first-order valence-corrected chi connectivity index (χ1v) is 8.82. The highest BCUT2D eigenvalue weighted by molar-refractivity contribution is 7.89. The van der Waals surface area contributed by atoms with E-state index in [0.717, 1.165) is 11.1 Å². The van der Waals surface area contributed by atoms with Gasteiger partial charge in [-0.25, -0.2) is 13.1 Å². The van der Waals surface area contributed by atoms with Crippen LogP contribution in [0.15, 0.2) is 58.1 Å². The Hall–Kier alpha value is -2.58. The Labute approximate surface area is 139 Å². The number of hydrogen-bond acceptors (Lipinski definition) is 6. The van der Waals surface area contributed by atoms with Crippen molar-refractivity contribution in [3.8, 4) is 11.5 Å². The maximum absolute atomic E-state index is 12.2. The molecule has 3 rings (SSSR count). The van der Waals surface area contributed by atoms with Crippen LogP contribution in [0.25, 0.3) is 11.5 Å². The van der Waals surface area contributed by atoms with E-state index in [-0.39, 0.29) is 11.4 Å². The van der Waals surface area contributed by atoms with E-state index in [4.69, 9.17) is 4.42 Å². The van der Waals surface area contributed by atoms with Gasteiger partial charge in [-0.05, 0) is 36.8 Å². The highest BCUT2D eigenvalue weighted by atomic mass is 32.2. The monoisotopic (exact) mass is 344 g/mol. The zero-order chi connectivity index (χ0) is 17.0. The van der Waals surface area contributed by atoms with E-state index in [0.29, 0.717) is 18.2 Å². The largest absolute Gasteiger partial charge is 0.421 e. The van der Waals surface area contributed by atoms with Crippen molar-refractivity contribution in [3.63, 3.8) is 0 Å². The van der Waals surface area contributed by atoms with E-state index in [1.165, 1.54) is 0 Å². The van der Waals surface area contributed by atoms with Crippen molar-refractivity contribution in [2.45, 2.75) is 18.2 Å². The molecule has 0 radical (unpaired) electrons. The number of nitrogens with one attached hydrogen (secondary N) is 1. The highest BCUT2D eigenvalue weighted by Gasteiger charge is 2.14. The molecule has 1 aromatic carbocycles. The summed E-state index contributed by atoms with van der Waals surface area (Å²) in [6, 6.07) is 10.3. The Bertz CT molecular complexity index is 923. The van der Waals surface area contributed by atoms with Crippen LogP contribution >= 0.6 is 0 Å². The lowest BCUT2D eigenvalue weighted by molar-refractivity contribution is 0.501. The van der Waals surface area contributed by atoms with Gasteiger partial charge in [-0.2, -0.15) is 0 Å². The van der Waals surface area contributed by atoms with Crippen LogP contribution in [0.1, 0.15) is 11.5 Å². The normalized spacial score (nSPS) is 11.5. The van der Waals surface area contributed by atoms with Gasteiger partial charge in [0.15, 0.2) is 0 Å². The van der Waals surface area contributed by atoms with Crippen molar-refractivity contribution in [2.75, 3.05) is 6.54 Å². The Balaban J connectivity index is 1.62. The second-order valence-corrected chi connectivity index (χ2v) is 6.97. The second-order valence-electron chi connectivity index (χ2n) is 5.21. The van der Waals surface area contributed by atoms with E-state index in [1.807, 2.05) is 19.1 Å². The van der Waals surface area contributed by atoms with E-state index >= 15 is 0 Å². The molecule has 3 aromatic rings. The number of nitrogens with zero attached hydrogens (tertiary/aromatic N) is 3. The lowest BCUT2D eigenvalue weighted by atomic mass is 10.2. The minimum Gasteiger partial charge on any atom is -0.421 e. The van der Waals surface area contributed by atoms with E-state index in [9.17, 15) is 8.42 Å². The van der Waals surface area contributed by atoms with Crippen molar-refractivity contribution in [1.82, 2.24) is 19.9 Å². The molecule has 0 atom stereocenters. The Morgan fingerprint density at radius 2 is 2.04 bits per heavy atom. The van der Waals surface area contributed by atoms with Crippen molar-refractivity contribution in [3.05, 3.63) is 60.2 Å². The summed E-state index contributed by atoms with van der Waals surface area (Å²) in [5, 5.41) is 7.86. The quantitative estimate of drug-likeness (QED) is 0.734. The van der Waals surface area contributed by atoms with Crippen molar-refractivity contribution < 1.29 is 12.8 Å². The predicted molar refractivity (Wildman–Crippen MR) is 87.6 cm³/mol. The van der Waals surface area contributed by atoms with Gasteiger partial charge in [0.1, 0.15) is 0 Å². The van der Waals surface area contributed by atoms with Crippen LogP contribution in [0, 0.1) is 6.92 Å². The van der Waals surface area contributed by atoms with Crippen molar-refractivity contribution in [1.29, 1.82) is 0 Å². The number of aromatic nitrogens is 3. The summed E-state index contributed by atoms with van der Waals surface area (Å²) in [6.07, 6.45) is 3.58. The fourth-order valence-electron chi connectivity index (χ4n) is 2.12. The summed E-state index contributed by atoms with van der Waals surface area (Å²) < 4.78 is 32.5. The van der Waals surface area contributed by atoms with Gasteiger partial charge in [0, 0.05) is 25.4 Å². The number of hydrogen-bond donors (Lipinski definition) is 1. The molecule has 0 aliphatic rings. The maximum atomic E-state index is 12.2. The fraction of sp³-hybridized carbons (Fsp3) is 0.188. The molecule has 0 aliphatic heterocycles. The Morgan fingerprint density at radius 1 is 1.17 bits per heavy atom. The van der Waals surface area contributed by atoms with Crippen LogP contribution < -0.4 is 4.72 Å². The van der Waals surface area contributed by atoms with E-state index in [1.54, 1.807) is 36.7 Å². The topological polar surface area (TPSA) is 98.0 Å². The average Bonchev–Trinajstić information content (AvgIpc) is 3.04. The van der Waals surface area contributed by atoms with E-state index in [2.05, 4.69) is 19.9 Å². The SMILES string of the molecule is Cc1cccc(S(=O)(=O)NCCc2nnc(-c3cccnc3)o2)c1. The van der Waals surface area contributed by atoms with Gasteiger partial charge in [0.2, 0.25) is 21.8 Å². The third-order valence-corrected chi connectivity index (χ3v) is 4.76. The Morgan fingerprint density at radius 3 is 2.79 bits per heavy atom. The molecule has 0 fully saturated rings. The van der Waals surface area contributed by atoms with Crippen molar-refractivity contribution in [2.24, 2.45) is 0 Å². The third kappa shape index (κ3) is 3.84. The maximum Gasteiger partial charge on any atom is 0.249 e. The molecule has 0 amide bonds. The van der Waals surface area contributed by atoms with Gasteiger partial charge < -0.3 is 4.42 Å². The minimum absolute atomic E-state index is 0.172. The molecule has 8 heteroatoms. The molecule has 124 valence electrons. The molecule has 0 spiro atoms. The lowest BCUT2D eigenvalue weighted by Gasteiger charge is -2.06. The molecule has 0 bridgehead atoms. The first-order chi connectivity index (χ1) is 11.5. The van der Waals surface area contributed by atoms with Gasteiger partial charge >= 0.3 is 0 Å². The van der Waals surface area contributed by atoms with Crippen LogP contribution in [0.2, 0.25) is 0 Å². The first kappa shape index (κ1) is 16.3. The molecule has 7 nitrogen and oxygen atoms in total. The molecule has 0 saturated heterocycles. The van der Waals surface area contributed by atoms with Gasteiger partial charge in [-0.3, -0.25) is 4.98 Å². The van der Waals surface area contributed by atoms with Crippen molar-refractivity contribution >= 4 is 10.0 Å². The third-order valence-electron chi connectivity index (χ3n) is 3.31. The fourth-order valence-corrected chi connectivity index (χ4v) is 3.25. The molecule has 24 heavy (non-hydrogen) atoms. The summed E-state index contributed by atoms with van der Waals surface area (Å²) in [5.74, 6) is 0.723. The molecule has 2 aromatic heterocycles. The first-order valence-electron chi connectivity index (χ1n) is 7.34. The zero-order valence-corrected chi connectivity index (χ0v) is 13.8. The van der Waals surface area contributed by atoms with Gasteiger partial charge in [0.25, 0.3) is 0 Å². The van der Waals surface area contributed by atoms with Gasteiger partial charge in [-0.1, -0.05) is 12.1 Å². The van der Waals surface area contributed by atoms with Gasteiger partial charge in [0.05, 0.1) is 10.5 Å². The smallest absolute Gasteiger partial charge is 0.249 e. The van der Waals surface area contributed by atoms with Crippen LogP contribution in [-0.2, 0) is 16.4 Å². The van der Waals surface area contributed by atoms with E-state index < -0.39 is 10.0 Å². The number of pyridine rings is 1. The zero-order valence-electron chi connectivity index (χ0n) is 13.0. The molecule has 0 aliphatic carbocycles. The number of aryl methyl sites for hydroxylation is 1. The van der Waals surface area contributed by atoms with Gasteiger partial charge in [-0.15, -0.1) is 10.2 Å². The second kappa shape index (κ2) is 6.90. The summed E-state index contributed by atoms with van der Waals surface area (Å²) >= 11 is 0. The minimum atomic E-state index is -3.55. The number of sulfonamides is 1. The molecule has 2 heterocycles. The lowest BCUT2D eigenvalue weighted by Crippen LogP contribution is -2.26. The highest BCUT2D eigenvalue weighted by Crippen LogP contribution is 2.16. The molecule has 0 unspecified atom stereocenters. The summed E-state index contributed by atoms with van der Waals surface area (Å²) in [6.45, 7) is 2.02. The van der Waals surface area contributed by atoms with Crippen LogP contribution in [0.4, 0.5) is 0 Å². The van der Waals surface area contributed by atoms with Crippen LogP contribution in [0.5, 0.6) is 0 Å². The molecular formula is C16H16N4O3S. The molecular weight excluding hydrogens is 328 g/mol. The summed E-state index contributed by atoms with van der Waals surface area (Å²) in [4.78, 5) is 4.23. The Kier molecular flexibility index (Phi) is 4.68. The van der Waals surface area contributed by atoms with Crippen LogP contribution in [-0.4, -0.2) is 30.1 Å². The predicted octanol–water partition coefficient (Wildman–Crippen LogP) is 1.96. The standard InChI is InChI=1S/C16H16N4O3S/c1-12-4-2-6-14(10-12)24(21,22)18-9-7-15-19-20-16(23-15)13-5-3-8-17-11-13/h2-6,8,10-11,18H,7,9H2,1H3. The summed E-state index contributed by atoms with van der Waals surface area (Å²) in [7, 11) is -3.55. The molecule has 1 N–H and O–H groups in total. The number of rotatable bonds is 6. The average molecular weight is 344 g/mol. The number of benzene rings is 1. The van der Waals surface area contributed by atoms with Crippen LogP contribution in [0.3, 0.4) is 0 Å².